The summed E-state index contributed by atoms with van der Waals surface area (Å²) in [6.45, 7) is 10.7. The Bertz CT molecular complexity index is 1470. The van der Waals surface area contributed by atoms with Crippen molar-refractivity contribution < 1.29 is 23.9 Å². The topological polar surface area (TPSA) is 97.8 Å². The highest BCUT2D eigenvalue weighted by atomic mass is 35.5. The van der Waals surface area contributed by atoms with Crippen LogP contribution in [-0.4, -0.2) is 47.2 Å². The summed E-state index contributed by atoms with van der Waals surface area (Å²) >= 11 is 13.9. The number of thiophene rings is 1. The molecule has 0 aliphatic heterocycles. The van der Waals surface area contributed by atoms with Gasteiger partial charge in [0.25, 0.3) is 5.91 Å². The Morgan fingerprint density at radius 1 is 1.00 bits per heavy atom. The van der Waals surface area contributed by atoms with Crippen LogP contribution in [0.5, 0.6) is 0 Å². The van der Waals surface area contributed by atoms with E-state index in [1.165, 1.54) is 16.2 Å². The van der Waals surface area contributed by atoms with Gasteiger partial charge in [-0.05, 0) is 82.8 Å². The number of ether oxygens (including phenoxy) is 2. The van der Waals surface area contributed by atoms with E-state index in [9.17, 15) is 14.4 Å². The Balaban J connectivity index is 1.70. The summed E-state index contributed by atoms with van der Waals surface area (Å²) in [6, 6.07) is 11.2. The largest absolute Gasteiger partial charge is 0.458 e. The highest BCUT2D eigenvalue weighted by Gasteiger charge is 2.29. The highest BCUT2D eigenvalue weighted by Crippen LogP contribution is 2.25. The lowest BCUT2D eigenvalue weighted by Gasteiger charge is -2.24. The Morgan fingerprint density at radius 2 is 1.63 bits per heavy atom. The molecule has 0 fully saturated rings. The second-order valence-electron chi connectivity index (χ2n) is 11.8. The minimum absolute atomic E-state index is 0.101. The Morgan fingerprint density at radius 3 is 2.26 bits per heavy atom. The minimum Gasteiger partial charge on any atom is -0.458 e. The molecule has 0 bridgehead atoms. The number of carbonyl (C=O) groups excluding carboxylic acids is 3. The van der Waals surface area contributed by atoms with Gasteiger partial charge >= 0.3 is 12.1 Å². The quantitative estimate of drug-likeness (QED) is 0.239. The first-order chi connectivity index (χ1) is 20.0. The summed E-state index contributed by atoms with van der Waals surface area (Å²) in [7, 11) is 1.62. The van der Waals surface area contributed by atoms with E-state index in [1.807, 2.05) is 56.5 Å². The molecule has 2 aromatic heterocycles. The van der Waals surface area contributed by atoms with Crippen LogP contribution in [0.4, 0.5) is 10.6 Å². The molecular weight excluding hydrogens is 609 g/mol. The van der Waals surface area contributed by atoms with E-state index in [-0.39, 0.29) is 22.0 Å². The van der Waals surface area contributed by atoms with Gasteiger partial charge in [-0.2, -0.15) is 0 Å². The third-order valence-corrected chi connectivity index (χ3v) is 7.31. The van der Waals surface area contributed by atoms with Gasteiger partial charge in [0.15, 0.2) is 0 Å². The summed E-state index contributed by atoms with van der Waals surface area (Å²) in [5, 5.41) is 5.09. The molecule has 0 saturated carbocycles. The molecule has 0 aliphatic rings. The molecule has 0 spiro atoms. The van der Waals surface area contributed by atoms with Crippen molar-refractivity contribution in [3.63, 3.8) is 0 Å². The predicted molar refractivity (Wildman–Crippen MR) is 173 cm³/mol. The minimum atomic E-state index is -0.955. The lowest BCUT2D eigenvalue weighted by Crippen LogP contribution is -2.45. The van der Waals surface area contributed by atoms with Crippen LogP contribution in [0.2, 0.25) is 10.0 Å². The van der Waals surface area contributed by atoms with Crippen molar-refractivity contribution >= 4 is 64.4 Å². The van der Waals surface area contributed by atoms with Crippen LogP contribution in [-0.2, 0) is 27.1 Å². The number of carbonyl (C=O) groups is 3. The Hall–Kier alpha value is -3.40. The molecule has 8 nitrogen and oxygen atoms in total. The average Bonchev–Trinajstić information content (AvgIpc) is 3.33. The van der Waals surface area contributed by atoms with E-state index in [0.717, 1.165) is 16.1 Å². The van der Waals surface area contributed by atoms with Gasteiger partial charge < -0.3 is 14.8 Å². The summed E-state index contributed by atoms with van der Waals surface area (Å²) in [5.74, 6) is -0.627. The number of rotatable bonds is 9. The fourth-order valence-electron chi connectivity index (χ4n) is 3.81. The zero-order valence-corrected chi connectivity index (χ0v) is 27.7. The first kappa shape index (κ1) is 34.1. The molecular formula is C32H37Cl2N3O5S. The zero-order valence-electron chi connectivity index (χ0n) is 25.4. The van der Waals surface area contributed by atoms with Crippen LogP contribution in [0.1, 0.15) is 68.0 Å². The Labute approximate surface area is 267 Å². The second kappa shape index (κ2) is 14.4. The molecule has 230 valence electrons. The third kappa shape index (κ3) is 10.7. The van der Waals surface area contributed by atoms with Crippen LogP contribution >= 0.6 is 34.5 Å². The van der Waals surface area contributed by atoms with Crippen molar-refractivity contribution in [3.8, 4) is 0 Å². The number of pyridine rings is 1. The first-order valence-electron chi connectivity index (χ1n) is 13.7. The molecule has 0 radical (unpaired) electrons. The molecule has 1 atom stereocenters. The van der Waals surface area contributed by atoms with Crippen molar-refractivity contribution in [1.29, 1.82) is 0 Å². The maximum absolute atomic E-state index is 13.1. The molecule has 1 aromatic carbocycles. The number of aromatic nitrogens is 1. The standard InChI is InChI=1S/C32H37Cl2N3O5S/c1-31(2,3)41-29(39)25(36-28(38)27-23(33)14-10-15-24(27)34)18-22-17-20(19-43-22)11-8-12-21-13-9-16-26(35-21)37(7)30(40)42-32(4,5)6/h8-11,13-17,19,25H,12,18H2,1-7H3,(H,36,38)/b11-8+/t25-/m0/s1. The van der Waals surface area contributed by atoms with E-state index >= 15 is 0 Å². The number of halogens is 2. The van der Waals surface area contributed by atoms with E-state index in [0.29, 0.717) is 12.2 Å². The van der Waals surface area contributed by atoms with Crippen molar-refractivity contribution in [2.45, 2.75) is 71.6 Å². The van der Waals surface area contributed by atoms with Crippen molar-refractivity contribution in [2.75, 3.05) is 11.9 Å². The van der Waals surface area contributed by atoms with E-state index in [1.54, 1.807) is 52.1 Å². The summed E-state index contributed by atoms with van der Waals surface area (Å²) in [6.07, 6.45) is 4.21. The second-order valence-corrected chi connectivity index (χ2v) is 13.6. The predicted octanol–water partition coefficient (Wildman–Crippen LogP) is 7.76. The number of anilines is 1. The van der Waals surface area contributed by atoms with E-state index in [4.69, 9.17) is 32.7 Å². The maximum Gasteiger partial charge on any atom is 0.415 e. The summed E-state index contributed by atoms with van der Waals surface area (Å²) < 4.78 is 11.0. The molecule has 2 heterocycles. The van der Waals surface area contributed by atoms with Gasteiger partial charge in [0, 0.05) is 30.5 Å². The lowest BCUT2D eigenvalue weighted by atomic mass is 10.1. The smallest absolute Gasteiger partial charge is 0.415 e. The van der Waals surface area contributed by atoms with Gasteiger partial charge in [0.1, 0.15) is 23.1 Å². The van der Waals surface area contributed by atoms with Crippen LogP contribution in [0.25, 0.3) is 6.08 Å². The molecule has 0 aliphatic carbocycles. The van der Waals surface area contributed by atoms with Gasteiger partial charge in [0.2, 0.25) is 0 Å². The molecule has 0 saturated heterocycles. The van der Waals surface area contributed by atoms with Crippen molar-refractivity contribution in [3.05, 3.63) is 85.7 Å². The highest BCUT2D eigenvalue weighted by molar-refractivity contribution is 7.10. The molecule has 11 heteroatoms. The number of esters is 1. The van der Waals surface area contributed by atoms with Gasteiger partial charge in [-0.3, -0.25) is 9.69 Å². The van der Waals surface area contributed by atoms with Gasteiger partial charge in [-0.25, -0.2) is 14.6 Å². The fourth-order valence-corrected chi connectivity index (χ4v) is 5.28. The number of amides is 2. The molecule has 3 aromatic rings. The molecule has 3 rings (SSSR count). The normalized spacial score (nSPS) is 12.6. The molecule has 1 N–H and O–H groups in total. The van der Waals surface area contributed by atoms with Crippen LogP contribution in [0, 0.1) is 0 Å². The summed E-state index contributed by atoms with van der Waals surface area (Å²) in [5.41, 5.74) is 0.478. The zero-order chi connectivity index (χ0) is 31.9. The van der Waals surface area contributed by atoms with E-state index < -0.39 is 35.2 Å². The van der Waals surface area contributed by atoms with Crippen LogP contribution in [0.3, 0.4) is 0 Å². The molecule has 0 unspecified atom stereocenters. The number of nitrogens with one attached hydrogen (secondary N) is 1. The van der Waals surface area contributed by atoms with Gasteiger partial charge in [-0.15, -0.1) is 11.3 Å². The van der Waals surface area contributed by atoms with Gasteiger partial charge in [-0.1, -0.05) is 47.5 Å². The van der Waals surface area contributed by atoms with Gasteiger partial charge in [0.05, 0.1) is 15.6 Å². The van der Waals surface area contributed by atoms with E-state index in [2.05, 4.69) is 10.3 Å². The number of hydrogen-bond acceptors (Lipinski definition) is 7. The number of nitrogens with zero attached hydrogens (tertiary/aromatic N) is 2. The monoisotopic (exact) mass is 645 g/mol. The van der Waals surface area contributed by atoms with Crippen LogP contribution in [0.15, 0.2) is 53.9 Å². The van der Waals surface area contributed by atoms with Crippen molar-refractivity contribution in [2.24, 2.45) is 0 Å². The Kier molecular flexibility index (Phi) is 11.4. The molecule has 2 amide bonds. The number of hydrogen-bond donors (Lipinski definition) is 1. The number of benzene rings is 1. The fraction of sp³-hybridized carbons (Fsp3) is 0.375. The summed E-state index contributed by atoms with van der Waals surface area (Å²) in [4.78, 5) is 45.4. The first-order valence-corrected chi connectivity index (χ1v) is 15.3. The maximum atomic E-state index is 13.1. The van der Waals surface area contributed by atoms with Crippen molar-refractivity contribution in [1.82, 2.24) is 10.3 Å². The van der Waals surface area contributed by atoms with Crippen LogP contribution < -0.4 is 10.2 Å². The average molecular weight is 647 g/mol. The third-order valence-electron chi connectivity index (χ3n) is 5.71. The SMILES string of the molecule is CN(C(=O)OC(C)(C)C)c1cccc(C/C=C/c2csc(C[C@H](NC(=O)c3c(Cl)cccc3Cl)C(=O)OC(C)(C)C)c2)n1. The lowest BCUT2D eigenvalue weighted by molar-refractivity contribution is -0.157. The number of allylic oxidation sites excluding steroid dienone is 1. The molecule has 43 heavy (non-hydrogen) atoms.